The number of ketones is 1. The van der Waals surface area contributed by atoms with Crippen LogP contribution in [0.4, 0.5) is 5.69 Å². The minimum Gasteiger partial charge on any atom is -0.396 e. The number of aliphatic hydroxyl groups excluding tert-OH is 1. The largest absolute Gasteiger partial charge is 0.396 e. The van der Waals surface area contributed by atoms with E-state index in [9.17, 15) is 15.0 Å². The molecule has 0 spiro atoms. The third-order valence-corrected chi connectivity index (χ3v) is 8.27. The predicted molar refractivity (Wildman–Crippen MR) is 117 cm³/mol. The number of allylic oxidation sites excluding steroid dienone is 1. The van der Waals surface area contributed by atoms with Crippen molar-refractivity contribution < 1.29 is 15.0 Å². The number of rotatable bonds is 7. The van der Waals surface area contributed by atoms with E-state index in [1.165, 1.54) is 12.8 Å². The van der Waals surface area contributed by atoms with Crippen molar-refractivity contribution in [2.45, 2.75) is 70.4 Å². The molecule has 4 fully saturated rings. The molecule has 6 rings (SSSR count). The zero-order valence-corrected chi connectivity index (χ0v) is 18.1. The number of fused-ring (bicyclic) bond motifs is 1. The van der Waals surface area contributed by atoms with E-state index in [4.69, 9.17) is 0 Å². The van der Waals surface area contributed by atoms with E-state index >= 15 is 0 Å². The van der Waals surface area contributed by atoms with E-state index in [1.54, 1.807) is 6.20 Å². The molecular formula is C25H34N2O3. The summed E-state index contributed by atoms with van der Waals surface area (Å²) in [6.07, 6.45) is 12.2. The Morgan fingerprint density at radius 1 is 1.27 bits per heavy atom. The topological polar surface area (TPSA) is 82.5 Å². The molecule has 0 saturated heterocycles. The van der Waals surface area contributed by atoms with Crippen LogP contribution >= 0.6 is 0 Å². The molecule has 0 aliphatic heterocycles. The van der Waals surface area contributed by atoms with E-state index in [-0.39, 0.29) is 24.2 Å². The molecule has 5 aliphatic carbocycles. The Bertz CT molecular complexity index is 861. The highest BCUT2D eigenvalue weighted by Crippen LogP contribution is 2.56. The molecule has 1 aromatic rings. The number of pyridine rings is 1. The summed E-state index contributed by atoms with van der Waals surface area (Å²) in [6, 6.07) is 0.313. The number of carbonyl (C=O) groups excluding carboxylic acids is 1. The van der Waals surface area contributed by atoms with Crippen molar-refractivity contribution in [3.63, 3.8) is 0 Å². The van der Waals surface area contributed by atoms with Crippen LogP contribution in [-0.4, -0.2) is 39.2 Å². The second-order valence-electron chi connectivity index (χ2n) is 10.7. The van der Waals surface area contributed by atoms with Crippen molar-refractivity contribution >= 4 is 17.5 Å². The highest BCUT2D eigenvalue weighted by molar-refractivity contribution is 6.03. The molecule has 1 aromatic heterocycles. The third kappa shape index (κ3) is 3.40. The summed E-state index contributed by atoms with van der Waals surface area (Å²) in [5.74, 6) is 1.88. The monoisotopic (exact) mass is 410 g/mol. The van der Waals surface area contributed by atoms with E-state index in [2.05, 4.69) is 36.3 Å². The number of hydrogen-bond donors (Lipinski definition) is 3. The number of hydrogen-bond acceptors (Lipinski definition) is 5. The minimum atomic E-state index is -0.459. The molecular weight excluding hydrogens is 376 g/mol. The molecule has 0 amide bonds. The number of aliphatic hydroxyl groups is 2. The van der Waals surface area contributed by atoms with Gasteiger partial charge in [0, 0.05) is 37.3 Å². The van der Waals surface area contributed by atoms with Crippen LogP contribution in [0, 0.1) is 29.6 Å². The first-order valence-corrected chi connectivity index (χ1v) is 11.7. The maximum absolute atomic E-state index is 13.3. The van der Waals surface area contributed by atoms with Gasteiger partial charge in [0.05, 0.1) is 22.5 Å². The number of aromatic nitrogens is 1. The first kappa shape index (κ1) is 20.2. The van der Waals surface area contributed by atoms with Crippen LogP contribution in [0.5, 0.6) is 0 Å². The average Bonchev–Trinajstić information content (AvgIpc) is 3.16. The van der Waals surface area contributed by atoms with Crippen LogP contribution < -0.4 is 5.32 Å². The Morgan fingerprint density at radius 2 is 2.00 bits per heavy atom. The van der Waals surface area contributed by atoms with Crippen LogP contribution in [0.2, 0.25) is 0 Å². The van der Waals surface area contributed by atoms with Gasteiger partial charge in [0.1, 0.15) is 0 Å². The number of Topliss-reactive ketones (excluding diaryl/α,β-unsaturated/α-hetero) is 1. The highest BCUT2D eigenvalue weighted by Gasteiger charge is 2.54. The smallest absolute Gasteiger partial charge is 0.166 e. The molecule has 30 heavy (non-hydrogen) atoms. The van der Waals surface area contributed by atoms with Crippen LogP contribution in [0.15, 0.2) is 12.3 Å². The number of nitrogens with one attached hydrogen (secondary N) is 1. The molecule has 1 heterocycles. The van der Waals surface area contributed by atoms with Crippen LogP contribution in [-0.2, 0) is 6.42 Å². The van der Waals surface area contributed by atoms with Crippen molar-refractivity contribution in [2.24, 2.45) is 29.6 Å². The molecule has 3 atom stereocenters. The molecule has 5 heteroatoms. The summed E-state index contributed by atoms with van der Waals surface area (Å²) in [6.45, 7) is 4.13. The highest BCUT2D eigenvalue weighted by atomic mass is 16.3. The number of carbonyl (C=O) groups is 1. The van der Waals surface area contributed by atoms with Crippen molar-refractivity contribution in [3.8, 4) is 0 Å². The third-order valence-electron chi connectivity index (χ3n) is 8.27. The first-order chi connectivity index (χ1) is 14.4. The fraction of sp³-hybridized carbons (Fsp3) is 0.680. The Kier molecular flexibility index (Phi) is 5.02. The Labute approximate surface area is 179 Å². The van der Waals surface area contributed by atoms with Gasteiger partial charge in [-0.15, -0.1) is 0 Å². The second-order valence-corrected chi connectivity index (χ2v) is 10.7. The quantitative estimate of drug-likeness (QED) is 0.595. The second kappa shape index (κ2) is 7.45. The lowest BCUT2D eigenvalue weighted by Crippen LogP contribution is -2.59. The normalized spacial score (nSPS) is 34.4. The molecule has 2 unspecified atom stereocenters. The van der Waals surface area contributed by atoms with E-state index in [0.717, 1.165) is 42.6 Å². The zero-order chi connectivity index (χ0) is 21.0. The summed E-state index contributed by atoms with van der Waals surface area (Å²) < 4.78 is 0. The minimum absolute atomic E-state index is 0.0250. The molecule has 5 aliphatic rings. The van der Waals surface area contributed by atoms with Gasteiger partial charge in [-0.25, -0.2) is 0 Å². The van der Waals surface area contributed by atoms with E-state index in [0.29, 0.717) is 35.8 Å². The summed E-state index contributed by atoms with van der Waals surface area (Å²) in [5, 5.41) is 24.5. The summed E-state index contributed by atoms with van der Waals surface area (Å²) >= 11 is 0. The fourth-order valence-electron chi connectivity index (χ4n) is 6.81. The molecule has 4 bridgehead atoms. The first-order valence-electron chi connectivity index (χ1n) is 11.7. The predicted octanol–water partition coefficient (Wildman–Crippen LogP) is 3.84. The molecule has 4 saturated carbocycles. The van der Waals surface area contributed by atoms with Gasteiger partial charge < -0.3 is 15.5 Å². The van der Waals surface area contributed by atoms with Gasteiger partial charge in [-0.2, -0.15) is 0 Å². The van der Waals surface area contributed by atoms with Crippen molar-refractivity contribution in [3.05, 3.63) is 29.1 Å². The summed E-state index contributed by atoms with van der Waals surface area (Å²) in [5.41, 5.74) is 3.21. The lowest BCUT2D eigenvalue weighted by Gasteiger charge is -2.58. The molecule has 0 radical (unpaired) electrons. The SMILES string of the molecule is CC(C)[C@@H](CO)CC(=O)c1cnc2c(c1NC1C3CC4CC1CC(O)(C4)C3)C=CC2. The van der Waals surface area contributed by atoms with Gasteiger partial charge >= 0.3 is 0 Å². The maximum Gasteiger partial charge on any atom is 0.166 e. The van der Waals surface area contributed by atoms with Crippen LogP contribution in [0.25, 0.3) is 6.08 Å². The van der Waals surface area contributed by atoms with Crippen LogP contribution in [0.1, 0.15) is 74.0 Å². The fourth-order valence-corrected chi connectivity index (χ4v) is 6.81. The average molecular weight is 411 g/mol. The number of nitrogens with zero attached hydrogens (tertiary/aromatic N) is 1. The van der Waals surface area contributed by atoms with Gasteiger partial charge in [0.2, 0.25) is 0 Å². The van der Waals surface area contributed by atoms with E-state index < -0.39 is 5.60 Å². The van der Waals surface area contributed by atoms with Gasteiger partial charge in [-0.1, -0.05) is 26.0 Å². The molecule has 162 valence electrons. The maximum atomic E-state index is 13.3. The standard InChI is InChI=1S/C25H34N2O3/c1-14(2)18(13-28)8-22(29)20-12-26-21-5-3-4-19(21)24(20)27-23-16-6-15-7-17(23)11-25(30,9-15)10-16/h3-4,12,14-18,23,28,30H,5-11,13H2,1-2H3,(H,26,27)/t15?,16?,17?,18-,23?,25?/m1/s1. The Balaban J connectivity index is 1.45. The lowest BCUT2D eigenvalue weighted by molar-refractivity contribution is -0.129. The Morgan fingerprint density at radius 3 is 2.63 bits per heavy atom. The zero-order valence-electron chi connectivity index (χ0n) is 18.1. The van der Waals surface area contributed by atoms with Gasteiger partial charge in [0.15, 0.2) is 5.78 Å². The van der Waals surface area contributed by atoms with Gasteiger partial charge in [-0.3, -0.25) is 9.78 Å². The van der Waals surface area contributed by atoms with Gasteiger partial charge in [-0.05, 0) is 61.7 Å². The van der Waals surface area contributed by atoms with Crippen LogP contribution in [0.3, 0.4) is 0 Å². The Hall–Kier alpha value is -1.72. The summed E-state index contributed by atoms with van der Waals surface area (Å²) in [4.78, 5) is 17.9. The lowest BCUT2D eigenvalue weighted by atomic mass is 9.52. The van der Waals surface area contributed by atoms with Crippen molar-refractivity contribution in [1.29, 1.82) is 0 Å². The van der Waals surface area contributed by atoms with Crippen molar-refractivity contribution in [1.82, 2.24) is 4.98 Å². The molecule has 5 nitrogen and oxygen atoms in total. The van der Waals surface area contributed by atoms with Crippen molar-refractivity contribution in [2.75, 3.05) is 11.9 Å². The summed E-state index contributed by atoms with van der Waals surface area (Å²) in [7, 11) is 0. The molecule has 0 aromatic carbocycles. The molecule has 3 N–H and O–H groups in total. The van der Waals surface area contributed by atoms with E-state index in [1.807, 2.05) is 0 Å². The number of anilines is 1. The van der Waals surface area contributed by atoms with Gasteiger partial charge in [0.25, 0.3) is 0 Å².